The summed E-state index contributed by atoms with van der Waals surface area (Å²) in [5, 5.41) is 9.34. The van der Waals surface area contributed by atoms with Crippen LogP contribution in [0.25, 0.3) is 0 Å². The van der Waals surface area contributed by atoms with E-state index in [1.54, 1.807) is 24.5 Å². The van der Waals surface area contributed by atoms with Crippen LogP contribution in [0.15, 0.2) is 127 Å². The molecule has 0 saturated carbocycles. The molecule has 150 heavy (non-hydrogen) atoms. The fraction of sp³-hybridized carbons (Fsp3) is 0.330. The van der Waals surface area contributed by atoms with Crippen molar-refractivity contribution in [3.63, 3.8) is 0 Å². The lowest BCUT2D eigenvalue weighted by Crippen LogP contribution is -2.26. The Bertz CT molecular complexity index is 6950. The fourth-order valence-electron chi connectivity index (χ4n) is 14.6. The van der Waals surface area contributed by atoms with Crippen LogP contribution < -0.4 is 177 Å². The highest BCUT2D eigenvalue weighted by atomic mass is 16.7. The summed E-state index contributed by atoms with van der Waals surface area (Å²) in [5.41, 5.74) is 51.8. The Hall–Kier alpha value is -19.4. The first-order valence-electron chi connectivity index (χ1n) is 46.3. The molecule has 14 aromatic rings. The number of nitrogens with zero attached hydrogens (tertiary/aromatic N) is 31. The van der Waals surface area contributed by atoms with Crippen LogP contribution in [-0.2, 0) is 32.4 Å². The van der Waals surface area contributed by atoms with Gasteiger partial charge in [0.15, 0.2) is 80.5 Å². The molecule has 0 unspecified atom stereocenters. The summed E-state index contributed by atoms with van der Waals surface area (Å²) >= 11 is 0. The number of likely N-dealkylation sites (N-methyl/N-ethyl adjacent to an activating group) is 2. The lowest BCUT2D eigenvalue weighted by Gasteiger charge is -2.21. The van der Waals surface area contributed by atoms with Crippen molar-refractivity contribution in [1.82, 2.24) is 105 Å². The van der Waals surface area contributed by atoms with Crippen LogP contribution in [0.2, 0.25) is 0 Å². The molecule has 14 heterocycles. The lowest BCUT2D eigenvalue weighted by molar-refractivity contribution is 0.173. The highest BCUT2D eigenvalue weighted by Crippen LogP contribution is 2.45. The van der Waals surface area contributed by atoms with E-state index in [9.17, 15) is 0 Å². The summed E-state index contributed by atoms with van der Waals surface area (Å²) < 4.78 is 75.9. The molecule has 0 amide bonds. The van der Waals surface area contributed by atoms with Gasteiger partial charge in [0.1, 0.15) is 0 Å². The van der Waals surface area contributed by atoms with Gasteiger partial charge in [0.05, 0.1) is 11.4 Å². The molecular weight excluding hydrogens is 1940 g/mol. The zero-order valence-electron chi connectivity index (χ0n) is 85.4. The molecule has 0 aliphatic carbocycles. The van der Waals surface area contributed by atoms with Crippen LogP contribution in [0.4, 0.5) is 136 Å². The summed E-state index contributed by atoms with van der Waals surface area (Å²) in [6, 6.07) is 40.3. The van der Waals surface area contributed by atoms with Gasteiger partial charge in [0.2, 0.25) is 172 Å². The molecule has 56 nitrogen and oxygen atoms in total. The van der Waals surface area contributed by atoms with E-state index in [1.165, 1.54) is 0 Å². The number of hydrogen-bond acceptors (Lipinski definition) is 56. The molecule has 0 bridgehead atoms. The van der Waals surface area contributed by atoms with Gasteiger partial charge in [-0.1, -0.05) is 72.8 Å². The van der Waals surface area contributed by atoms with E-state index in [2.05, 4.69) is 127 Å². The second kappa shape index (κ2) is 48.3. The third-order valence-corrected chi connectivity index (χ3v) is 21.9. The van der Waals surface area contributed by atoms with E-state index < -0.39 is 0 Å². The Morgan fingerprint density at radius 2 is 0.507 bits per heavy atom. The molecule has 0 fully saturated rings. The van der Waals surface area contributed by atoms with Crippen molar-refractivity contribution < 1.29 is 66.3 Å². The van der Waals surface area contributed by atoms with Gasteiger partial charge < -0.3 is 177 Å². The highest BCUT2D eigenvalue weighted by Gasteiger charge is 2.29. The average molecular weight is 2060 g/mol. The van der Waals surface area contributed by atoms with E-state index in [1.807, 2.05) is 259 Å². The van der Waals surface area contributed by atoms with E-state index in [0.29, 0.717) is 127 Å². The van der Waals surface area contributed by atoms with Crippen LogP contribution in [-0.4, -0.2) is 285 Å². The van der Waals surface area contributed by atoms with Crippen molar-refractivity contribution in [2.24, 2.45) is 0 Å². The molecule has 7 aliphatic rings. The first kappa shape index (κ1) is 105. The predicted octanol–water partition coefficient (Wildman–Crippen LogP) is 6.03. The van der Waals surface area contributed by atoms with Gasteiger partial charge in [0, 0.05) is 157 Å². The van der Waals surface area contributed by atoms with Crippen LogP contribution in [0.5, 0.6) is 80.5 Å². The number of nitrogens with one attached hydrogen (secondary N) is 3. The number of aromatic nitrogens is 21. The van der Waals surface area contributed by atoms with Crippen LogP contribution >= 0.6 is 0 Å². The molecule has 7 aliphatic heterocycles. The highest BCUT2D eigenvalue weighted by molar-refractivity contribution is 5.72. The molecule has 788 valence electrons. The number of nitrogens with two attached hydrogens (primary N) is 8. The Balaban J connectivity index is 0.000000131. The van der Waals surface area contributed by atoms with Gasteiger partial charge in [-0.15, -0.1) is 0 Å². The number of hydrogen-bond donors (Lipinski definition) is 11. The maximum Gasteiger partial charge on any atom is 0.236 e. The van der Waals surface area contributed by atoms with Crippen molar-refractivity contribution in [3.05, 3.63) is 155 Å². The predicted molar refractivity (Wildman–Crippen MR) is 565 cm³/mol. The minimum Gasteiger partial charge on any atom is -0.454 e. The Morgan fingerprint density at radius 1 is 0.233 bits per heavy atom. The van der Waals surface area contributed by atoms with Crippen molar-refractivity contribution >= 4 is 136 Å². The summed E-state index contributed by atoms with van der Waals surface area (Å²) in [6.45, 7) is 4.85. The first-order valence-corrected chi connectivity index (χ1v) is 46.3. The zero-order chi connectivity index (χ0) is 106. The smallest absolute Gasteiger partial charge is 0.236 e. The minimum absolute atomic E-state index is 0.0947. The van der Waals surface area contributed by atoms with Gasteiger partial charge in [0.25, 0.3) is 0 Å². The molecule has 19 N–H and O–H groups in total. The largest absolute Gasteiger partial charge is 0.454 e. The van der Waals surface area contributed by atoms with Gasteiger partial charge in [-0.05, 0) is 90.6 Å². The van der Waals surface area contributed by atoms with Crippen molar-refractivity contribution in [1.29, 1.82) is 0 Å². The van der Waals surface area contributed by atoms with Crippen molar-refractivity contribution in [2.45, 2.75) is 32.4 Å². The third kappa shape index (κ3) is 27.2. The van der Waals surface area contributed by atoms with E-state index in [4.69, 9.17) is 112 Å². The van der Waals surface area contributed by atoms with Crippen LogP contribution in [0.1, 0.15) is 27.8 Å². The monoisotopic (exact) mass is 2060 g/mol. The number of anilines is 23. The third-order valence-electron chi connectivity index (χ3n) is 21.9. The summed E-state index contributed by atoms with van der Waals surface area (Å²) in [6.07, 6.45) is 2.33. The average Bonchev–Trinajstić information content (AvgIpc) is 1.64. The lowest BCUT2D eigenvalue weighted by atomic mass is 10.1. The topological polar surface area (TPSA) is 677 Å². The summed E-state index contributed by atoms with van der Waals surface area (Å²) in [5.74, 6) is 18.1. The SMILES string of the molecule is CN(C)c1nc(N(C)C)nc(N(C)CCc2cccc3c2OCO3)n1.CN(C)c1nc(N)nc(N(C)c2cccc3c2OCO3)n1.CN(C)c1nc(N)nc(NCCc2cccc3c2OCO3)n1.CN(C)c1nc(N)nc(NCc2cccc3c2OCO3)n1.CN(C)c1nc(N)nc(Nc2cccc3c2OCO3)n1.CN(CCc1cccc2c1OCO2)c1nc(N)nc(N)n1.CN(Cc1cccc2c1OCO2)c1nc(N)nc(N)n1. The number of nitrogen functional groups attached to an aromatic ring is 8. The van der Waals surface area contributed by atoms with Gasteiger partial charge in [-0.3, -0.25) is 0 Å². The molecule has 0 saturated heterocycles. The summed E-state index contributed by atoms with van der Waals surface area (Å²) in [7, 11) is 29.9. The fourth-order valence-corrected chi connectivity index (χ4v) is 14.6. The molecule has 7 aromatic carbocycles. The number of benzene rings is 7. The summed E-state index contributed by atoms with van der Waals surface area (Å²) in [4.78, 5) is 105. The maximum atomic E-state index is 5.75. The van der Waals surface area contributed by atoms with E-state index in [-0.39, 0.29) is 95.1 Å². The number of rotatable bonds is 28. The molecule has 7 aromatic heterocycles. The van der Waals surface area contributed by atoms with Gasteiger partial charge in [-0.25, -0.2) is 0 Å². The standard InChI is InChI=1S/C17H24N6O2.C14H18N6O2.3C13H16N6O2.2C12H14N6O2/c1-21(2)15-18-16(22(3)4)20-17(19-15)23(5)10-9-12-7-6-8-13-14(12)25-11-24-13;1-20(2)14-18-12(15)17-13(19-14)16-7-6-9-4-3-5-10-11(9)22-8-21-10;1-18(2)12-15-11(14)16-13(17-12)19(3)8-5-4-6-9-10(8)21-7-20-9;1-19(2)13-17-11(14)16-12(18-13)15-6-8-4-3-5-9-10(8)21-7-20-9;1-19(13-17-11(14)16-12(15)18-13)6-5-8-3-2-4-9-10(8)21-7-20-9;1-18(2)12-16-10(13)15-11(17-12)14-7-4-3-5-8-9(7)20-6-19-8;1-18(12-16-10(13)15-11(14)17-12)5-7-3-2-4-8-9(7)20-6-19-8/h6-8H,9-11H2,1-5H3;3-5H,6-8H2,1-2H3,(H3,15,16,17,18,19);4-6H,7H2,1-3H3,(H2,14,15,16,17);3-5H,6-7H2,1-2H3,(H3,14,15,16,17,18);2-4H,5-7H2,1H3,(H4,14,15,16,17,18);3-5H,6H2,1-2H3,(H3,13,14,15,16,17);2-4H,5-6H2,1H3,(H4,13,14,15,16,17). The number of fused-ring (bicyclic) bond motifs is 7. The first-order chi connectivity index (χ1) is 72.2. The molecule has 0 atom stereocenters. The molecule has 56 heteroatoms. The molecule has 0 spiro atoms. The normalized spacial score (nSPS) is 12.3. The van der Waals surface area contributed by atoms with E-state index in [0.717, 1.165) is 122 Å². The minimum atomic E-state index is 0.0947. The quantitative estimate of drug-likeness (QED) is 0.0267. The zero-order valence-corrected chi connectivity index (χ0v) is 85.4. The molecule has 0 radical (unpaired) electrons. The Morgan fingerprint density at radius 3 is 0.933 bits per heavy atom. The Kier molecular flexibility index (Phi) is 33.8. The maximum absolute atomic E-state index is 5.75. The number of ether oxygens (including phenoxy) is 14. The van der Waals surface area contributed by atoms with Gasteiger partial charge in [-0.2, -0.15) is 105 Å². The second-order valence-corrected chi connectivity index (χ2v) is 34.3. The second-order valence-electron chi connectivity index (χ2n) is 34.3. The van der Waals surface area contributed by atoms with Crippen LogP contribution in [0, 0.1) is 0 Å². The van der Waals surface area contributed by atoms with E-state index >= 15 is 0 Å². The number of para-hydroxylation sites is 7. The van der Waals surface area contributed by atoms with Gasteiger partial charge >= 0.3 is 0 Å². The molecular formula is C94H118N42O14. The molecule has 21 rings (SSSR count). The van der Waals surface area contributed by atoms with Crippen molar-refractivity contribution in [2.75, 3.05) is 291 Å². The van der Waals surface area contributed by atoms with Crippen molar-refractivity contribution in [3.8, 4) is 80.5 Å². The van der Waals surface area contributed by atoms with Crippen LogP contribution in [0.3, 0.4) is 0 Å². The Labute approximate surface area is 862 Å².